The number of carbonyl (C=O) groups is 3. The van der Waals surface area contributed by atoms with Gasteiger partial charge < -0.3 is 47.0 Å². The number of aliphatic carboxylic acids is 1. The zero-order chi connectivity index (χ0) is 35.4. The zero-order valence-electron chi connectivity index (χ0n) is 25.9. The van der Waals surface area contributed by atoms with Crippen molar-refractivity contribution < 1.29 is 46.3 Å². The van der Waals surface area contributed by atoms with Gasteiger partial charge in [0.1, 0.15) is 24.1 Å². The maximum atomic E-state index is 13.3. The summed E-state index contributed by atoms with van der Waals surface area (Å²) in [5, 5.41) is 26.2. The Bertz CT molecular complexity index is 1690. The number of ether oxygens (including phenoxy) is 1. The van der Waals surface area contributed by atoms with E-state index in [0.29, 0.717) is 50.1 Å². The van der Waals surface area contributed by atoms with Crippen LogP contribution in [0.4, 0.5) is 5.13 Å². The third-order valence-electron chi connectivity index (χ3n) is 7.35. The highest BCUT2D eigenvalue weighted by Crippen LogP contribution is 2.33. The fourth-order valence-corrected chi connectivity index (χ4v) is 5.90. The number of hydrogen-bond acceptors (Lipinski definition) is 15. The van der Waals surface area contributed by atoms with Gasteiger partial charge in [-0.25, -0.2) is 9.78 Å². The predicted octanol–water partition coefficient (Wildman–Crippen LogP) is -1.71. The number of thiazole rings is 1. The quantitative estimate of drug-likeness (QED) is 0.0355. The Kier molecular flexibility index (Phi) is 11.1. The van der Waals surface area contributed by atoms with E-state index in [1.165, 1.54) is 19.2 Å². The highest BCUT2D eigenvalue weighted by molar-refractivity contribution is 7.80. The maximum Gasteiger partial charge on any atom is 0.418 e. The second-order valence-electron chi connectivity index (χ2n) is 11.1. The van der Waals surface area contributed by atoms with Gasteiger partial charge in [0.2, 0.25) is 0 Å². The minimum Gasteiger partial charge on any atom is -0.489 e. The standard InChI is InChI=1S/C26H36N10O10S2/c1-26(2)20(22(38)36(26)46-48(41,42)43)32-21(37)19(17-13-47-24(29)31-17)33-45-18(23(39)40)12-44-16-4-3-14-10-35(11-15(14)9-16)25(30)34(7-5-27)8-6-28/h3-4,9,13,18,20,30H,5-8,10-12,27-28H2,1-2H3,(H2,29,31)(H,32,37)(H,39,40)(H,41,42,43)/b30-25?,33-19-/t18-,20+/m0/s1. The van der Waals surface area contributed by atoms with Gasteiger partial charge in [-0.1, -0.05) is 11.2 Å². The molecule has 10 N–H and O–H groups in total. The van der Waals surface area contributed by atoms with Crippen LogP contribution in [0.5, 0.6) is 5.75 Å². The number of oxime groups is 1. The van der Waals surface area contributed by atoms with E-state index in [0.717, 1.165) is 22.5 Å². The van der Waals surface area contributed by atoms with E-state index in [4.69, 9.17) is 36.7 Å². The zero-order valence-corrected chi connectivity index (χ0v) is 27.5. The molecule has 20 nitrogen and oxygen atoms in total. The second kappa shape index (κ2) is 14.7. The molecular formula is C26H36N10O10S2. The number of hydroxylamine groups is 2. The molecule has 2 atom stereocenters. The molecule has 1 aromatic carbocycles. The number of carbonyl (C=O) groups excluding carboxylic acids is 2. The molecule has 2 aromatic rings. The molecule has 0 saturated carbocycles. The summed E-state index contributed by atoms with van der Waals surface area (Å²) in [6.07, 6.45) is -1.71. The number of aromatic nitrogens is 1. The van der Waals surface area contributed by atoms with Crippen molar-refractivity contribution in [3.8, 4) is 5.75 Å². The summed E-state index contributed by atoms with van der Waals surface area (Å²) in [6, 6.07) is 3.85. The van der Waals surface area contributed by atoms with Crippen molar-refractivity contribution in [3.63, 3.8) is 0 Å². The van der Waals surface area contributed by atoms with Crippen molar-refractivity contribution in [2.75, 3.05) is 38.5 Å². The number of carboxylic acid groups (broad SMARTS) is 1. The van der Waals surface area contributed by atoms with E-state index < -0.39 is 58.2 Å². The lowest BCUT2D eigenvalue weighted by molar-refractivity contribution is -0.218. The van der Waals surface area contributed by atoms with Crippen LogP contribution >= 0.6 is 11.3 Å². The molecule has 0 bridgehead atoms. The van der Waals surface area contributed by atoms with Crippen LogP contribution in [0.25, 0.3) is 0 Å². The number of nitrogen functional groups attached to an aromatic ring is 1. The first kappa shape index (κ1) is 36.2. The minimum atomic E-state index is -5.03. The number of anilines is 1. The number of fused-ring (bicyclic) bond motifs is 1. The third-order valence-corrected chi connectivity index (χ3v) is 8.36. The highest BCUT2D eigenvalue weighted by Gasteiger charge is 2.58. The van der Waals surface area contributed by atoms with Crippen LogP contribution in [0, 0.1) is 5.41 Å². The molecule has 0 aliphatic carbocycles. The van der Waals surface area contributed by atoms with Crippen LogP contribution in [-0.4, -0.2) is 118 Å². The first-order valence-corrected chi connectivity index (χ1v) is 16.5. The molecule has 48 heavy (non-hydrogen) atoms. The molecular weight excluding hydrogens is 676 g/mol. The fraction of sp³-hybridized carbons (Fsp3) is 0.462. The molecule has 1 saturated heterocycles. The smallest absolute Gasteiger partial charge is 0.418 e. The second-order valence-corrected chi connectivity index (χ2v) is 13.0. The predicted molar refractivity (Wildman–Crippen MR) is 170 cm³/mol. The number of rotatable bonds is 15. The van der Waals surface area contributed by atoms with E-state index >= 15 is 0 Å². The van der Waals surface area contributed by atoms with Crippen LogP contribution < -0.4 is 27.3 Å². The molecule has 3 heterocycles. The molecule has 2 amide bonds. The Hall–Kier alpha value is -4.61. The Morgan fingerprint density at radius 1 is 1.25 bits per heavy atom. The largest absolute Gasteiger partial charge is 0.489 e. The van der Waals surface area contributed by atoms with E-state index in [1.54, 1.807) is 17.0 Å². The Morgan fingerprint density at radius 2 is 1.92 bits per heavy atom. The summed E-state index contributed by atoms with van der Waals surface area (Å²) in [6.45, 7) is 4.79. The van der Waals surface area contributed by atoms with Gasteiger partial charge in [0.05, 0.1) is 5.54 Å². The maximum absolute atomic E-state index is 13.3. The number of guanidine groups is 1. The molecule has 22 heteroatoms. The number of β-lactam (4-membered cyclic amide) rings is 1. The number of amides is 2. The van der Waals surface area contributed by atoms with Crippen molar-refractivity contribution in [1.82, 2.24) is 25.2 Å². The fourth-order valence-electron chi connectivity index (χ4n) is 4.90. The van der Waals surface area contributed by atoms with Gasteiger partial charge >= 0.3 is 16.4 Å². The van der Waals surface area contributed by atoms with Crippen molar-refractivity contribution in [2.24, 2.45) is 16.6 Å². The van der Waals surface area contributed by atoms with Gasteiger partial charge in [-0.2, -0.15) is 13.5 Å². The third kappa shape index (κ3) is 8.26. The van der Waals surface area contributed by atoms with E-state index in [2.05, 4.69) is 19.7 Å². The molecule has 2 aliphatic rings. The molecule has 1 aromatic heterocycles. The minimum absolute atomic E-state index is 0.0492. The first-order valence-electron chi connectivity index (χ1n) is 14.3. The van der Waals surface area contributed by atoms with Crippen LogP contribution in [-0.2, 0) is 47.0 Å². The van der Waals surface area contributed by atoms with Crippen molar-refractivity contribution in [3.05, 3.63) is 40.4 Å². The number of nitrogens with zero attached hydrogens (tertiary/aromatic N) is 5. The number of hydrogen-bond donors (Lipinski definition) is 7. The summed E-state index contributed by atoms with van der Waals surface area (Å²) in [7, 11) is -5.03. The van der Waals surface area contributed by atoms with Gasteiger partial charge in [-0.3, -0.25) is 19.6 Å². The number of nitrogens with two attached hydrogens (primary N) is 3. The monoisotopic (exact) mass is 712 g/mol. The lowest BCUT2D eigenvalue weighted by Gasteiger charge is -2.50. The molecule has 4 rings (SSSR count). The summed E-state index contributed by atoms with van der Waals surface area (Å²) < 4.78 is 41.2. The van der Waals surface area contributed by atoms with Crippen molar-refractivity contribution in [2.45, 2.75) is 44.6 Å². The lowest BCUT2D eigenvalue weighted by atomic mass is 9.84. The average molecular weight is 713 g/mol. The molecule has 262 valence electrons. The number of nitrogens with one attached hydrogen (secondary N) is 2. The summed E-state index contributed by atoms with van der Waals surface area (Å²) >= 11 is 0.951. The first-order chi connectivity index (χ1) is 22.5. The average Bonchev–Trinajstić information content (AvgIpc) is 3.64. The van der Waals surface area contributed by atoms with Crippen LogP contribution in [0.2, 0.25) is 0 Å². The Morgan fingerprint density at radius 3 is 2.48 bits per heavy atom. The molecule has 0 radical (unpaired) electrons. The number of benzene rings is 1. The lowest BCUT2D eigenvalue weighted by Crippen LogP contribution is -2.76. The molecule has 2 aliphatic heterocycles. The van der Waals surface area contributed by atoms with Crippen LogP contribution in [0.15, 0.2) is 28.7 Å². The Balaban J connectivity index is 1.44. The Labute approximate surface area is 278 Å². The van der Waals surface area contributed by atoms with E-state index in [9.17, 15) is 27.9 Å². The number of carboxylic acids is 1. The summed E-state index contributed by atoms with van der Waals surface area (Å²) in [5.41, 5.74) is 16.8. The summed E-state index contributed by atoms with van der Waals surface area (Å²) in [5.74, 6) is -2.88. The molecule has 0 spiro atoms. The summed E-state index contributed by atoms with van der Waals surface area (Å²) in [4.78, 5) is 50.7. The topological polar surface area (TPSA) is 302 Å². The molecule has 1 fully saturated rings. The normalized spacial score (nSPS) is 17.7. The van der Waals surface area contributed by atoms with E-state index in [1.807, 2.05) is 11.0 Å². The van der Waals surface area contributed by atoms with Crippen molar-refractivity contribution in [1.29, 1.82) is 5.41 Å². The van der Waals surface area contributed by atoms with E-state index in [-0.39, 0.29) is 16.8 Å². The SMILES string of the molecule is CC1(C)[C@H](NC(=O)/C(=N\O[C@@H](COc2ccc3c(c2)CN(C(=N)N(CCN)CCN)C3)C(=O)O)c2csc(N)n2)C(=O)N1OS(=O)(=O)O. The van der Waals surface area contributed by atoms with Gasteiger partial charge in [0.25, 0.3) is 17.9 Å². The molecule has 0 unspecified atom stereocenters. The van der Waals surface area contributed by atoms with Gasteiger partial charge in [0.15, 0.2) is 16.8 Å². The van der Waals surface area contributed by atoms with Gasteiger partial charge in [-0.15, -0.1) is 15.6 Å². The highest BCUT2D eigenvalue weighted by atomic mass is 32.3. The van der Waals surface area contributed by atoms with Crippen LogP contribution in [0.1, 0.15) is 30.7 Å². The van der Waals surface area contributed by atoms with Gasteiger partial charge in [0, 0.05) is 44.6 Å². The van der Waals surface area contributed by atoms with Crippen molar-refractivity contribution >= 4 is 56.3 Å². The van der Waals surface area contributed by atoms with Crippen LogP contribution in [0.3, 0.4) is 0 Å². The van der Waals surface area contributed by atoms with Gasteiger partial charge in [-0.05, 0) is 37.1 Å².